The number of fused-ring (bicyclic) bond motifs is 1. The Morgan fingerprint density at radius 3 is 2.74 bits per heavy atom. The van der Waals surface area contributed by atoms with Gasteiger partial charge in [-0.25, -0.2) is 23.7 Å². The number of benzene rings is 1. The Balaban J connectivity index is 1.57. The first-order valence-electron chi connectivity index (χ1n) is 12.4. The molecule has 38 heavy (non-hydrogen) atoms. The first kappa shape index (κ1) is 24.7. The van der Waals surface area contributed by atoms with E-state index in [1.807, 2.05) is 11.8 Å². The lowest BCUT2D eigenvalue weighted by atomic mass is 10.1. The van der Waals surface area contributed by atoms with Gasteiger partial charge in [-0.05, 0) is 44.0 Å². The van der Waals surface area contributed by atoms with Gasteiger partial charge in [0.25, 0.3) is 0 Å². The first-order chi connectivity index (χ1) is 18.4. The quantitative estimate of drug-likeness (QED) is 0.332. The predicted octanol–water partition coefficient (Wildman–Crippen LogP) is 4.80. The summed E-state index contributed by atoms with van der Waals surface area (Å²) in [5.41, 5.74) is 2.90. The van der Waals surface area contributed by atoms with Gasteiger partial charge in [-0.3, -0.25) is 4.79 Å². The Hall–Kier alpha value is -3.63. The Morgan fingerprint density at radius 2 is 2.03 bits per heavy atom. The van der Waals surface area contributed by atoms with Crippen LogP contribution in [0.25, 0.3) is 27.3 Å². The van der Waals surface area contributed by atoms with Crippen molar-refractivity contribution in [3.8, 4) is 16.3 Å². The summed E-state index contributed by atoms with van der Waals surface area (Å²) in [6.45, 7) is 6.92. The molecule has 1 amide bonds. The maximum Gasteiger partial charge on any atom is 0.356 e. The van der Waals surface area contributed by atoms with E-state index in [4.69, 9.17) is 16.6 Å². The van der Waals surface area contributed by atoms with Crippen LogP contribution >= 0.6 is 22.9 Å². The molecular weight excluding hydrogens is 527 g/mol. The van der Waals surface area contributed by atoms with Crippen molar-refractivity contribution in [2.24, 2.45) is 0 Å². The molecule has 0 N–H and O–H groups in total. The molecule has 2 fully saturated rings. The van der Waals surface area contributed by atoms with E-state index in [9.17, 15) is 14.0 Å². The van der Waals surface area contributed by atoms with Gasteiger partial charge in [0.05, 0.1) is 27.3 Å². The lowest BCUT2D eigenvalue weighted by molar-refractivity contribution is -0.126. The number of carbonyl (C=O) groups is 1. The molecule has 0 spiro atoms. The highest BCUT2D eigenvalue weighted by Gasteiger charge is 2.33. The van der Waals surface area contributed by atoms with Gasteiger partial charge in [0.2, 0.25) is 5.91 Å². The van der Waals surface area contributed by atoms with Crippen LogP contribution in [0.1, 0.15) is 31.4 Å². The molecule has 11 heteroatoms. The SMILES string of the molecule is C=CC(=O)N1CCN(c2nc(=O)n(-c3scnc3C3CC3)c3nc(-c4ccccc4F)c(Cl)cc23)[C@@H](C)C1. The van der Waals surface area contributed by atoms with Gasteiger partial charge in [-0.1, -0.05) is 30.3 Å². The lowest BCUT2D eigenvalue weighted by Gasteiger charge is -2.40. The monoisotopic (exact) mass is 550 g/mol. The van der Waals surface area contributed by atoms with Gasteiger partial charge in [0.1, 0.15) is 16.6 Å². The van der Waals surface area contributed by atoms with Crippen LogP contribution in [0.3, 0.4) is 0 Å². The van der Waals surface area contributed by atoms with Crippen molar-refractivity contribution in [2.45, 2.75) is 31.7 Å². The number of nitrogens with zero attached hydrogens (tertiary/aromatic N) is 6. The van der Waals surface area contributed by atoms with E-state index in [0.717, 1.165) is 18.5 Å². The first-order valence-corrected chi connectivity index (χ1v) is 13.6. The Bertz CT molecular complexity index is 1650. The Labute approximate surface area is 227 Å². The molecule has 1 atom stereocenters. The van der Waals surface area contributed by atoms with E-state index in [-0.39, 0.29) is 28.2 Å². The van der Waals surface area contributed by atoms with Crippen LogP contribution in [0.2, 0.25) is 5.02 Å². The minimum atomic E-state index is -0.496. The number of halogens is 2. The normalized spacial score (nSPS) is 17.7. The third kappa shape index (κ3) is 4.17. The molecule has 0 radical (unpaired) electrons. The van der Waals surface area contributed by atoms with Gasteiger partial charge in [0, 0.05) is 37.2 Å². The average molecular weight is 551 g/mol. The van der Waals surface area contributed by atoms with Crippen LogP contribution in [-0.2, 0) is 4.79 Å². The number of amides is 1. The molecule has 4 aromatic rings. The summed E-state index contributed by atoms with van der Waals surface area (Å²) < 4.78 is 16.3. The number of anilines is 1. The molecule has 6 rings (SSSR count). The molecule has 1 aliphatic heterocycles. The molecule has 1 aromatic carbocycles. The number of pyridine rings is 1. The van der Waals surface area contributed by atoms with Crippen LogP contribution in [0.5, 0.6) is 0 Å². The molecule has 3 aromatic heterocycles. The molecule has 2 aliphatic rings. The zero-order valence-electron chi connectivity index (χ0n) is 20.6. The topological polar surface area (TPSA) is 84.2 Å². The molecule has 0 bridgehead atoms. The van der Waals surface area contributed by atoms with Crippen molar-refractivity contribution >= 4 is 45.7 Å². The second-order valence-corrected chi connectivity index (χ2v) is 10.8. The van der Waals surface area contributed by atoms with Crippen molar-refractivity contribution in [1.29, 1.82) is 0 Å². The van der Waals surface area contributed by atoms with Crippen molar-refractivity contribution in [2.75, 3.05) is 24.5 Å². The maximum absolute atomic E-state index is 14.8. The number of rotatable bonds is 5. The van der Waals surface area contributed by atoms with E-state index in [1.54, 1.807) is 34.7 Å². The largest absolute Gasteiger partial charge is 0.356 e. The van der Waals surface area contributed by atoms with Gasteiger partial charge < -0.3 is 9.80 Å². The lowest BCUT2D eigenvalue weighted by Crippen LogP contribution is -2.54. The van der Waals surface area contributed by atoms with E-state index in [1.165, 1.54) is 28.0 Å². The minimum absolute atomic E-state index is 0.131. The van der Waals surface area contributed by atoms with Crippen LogP contribution in [-0.4, -0.2) is 56.0 Å². The zero-order chi connectivity index (χ0) is 26.6. The van der Waals surface area contributed by atoms with Crippen LogP contribution in [0.4, 0.5) is 10.2 Å². The summed E-state index contributed by atoms with van der Waals surface area (Å²) in [4.78, 5) is 43.5. The molecule has 8 nitrogen and oxygen atoms in total. The van der Waals surface area contributed by atoms with E-state index < -0.39 is 11.5 Å². The van der Waals surface area contributed by atoms with Crippen molar-refractivity contribution in [1.82, 2.24) is 24.4 Å². The number of carbonyl (C=O) groups excluding carboxylic acids is 1. The predicted molar refractivity (Wildman–Crippen MR) is 147 cm³/mol. The minimum Gasteiger partial charge on any atom is -0.350 e. The fourth-order valence-corrected chi connectivity index (χ4v) is 6.13. The van der Waals surface area contributed by atoms with Crippen molar-refractivity contribution < 1.29 is 9.18 Å². The molecule has 194 valence electrons. The van der Waals surface area contributed by atoms with E-state index >= 15 is 0 Å². The highest BCUT2D eigenvalue weighted by Crippen LogP contribution is 2.44. The number of thiazole rings is 1. The smallest absolute Gasteiger partial charge is 0.350 e. The van der Waals surface area contributed by atoms with Gasteiger partial charge in [0.15, 0.2) is 5.65 Å². The summed E-state index contributed by atoms with van der Waals surface area (Å²) in [5, 5.41) is 1.49. The Kier molecular flexibility index (Phi) is 6.23. The van der Waals surface area contributed by atoms with Crippen LogP contribution < -0.4 is 10.6 Å². The summed E-state index contributed by atoms with van der Waals surface area (Å²) >= 11 is 8.07. The van der Waals surface area contributed by atoms with Crippen molar-refractivity contribution in [3.63, 3.8) is 0 Å². The summed E-state index contributed by atoms with van der Waals surface area (Å²) in [6, 6.07) is 7.85. The van der Waals surface area contributed by atoms with E-state index in [2.05, 4.69) is 16.5 Å². The van der Waals surface area contributed by atoms with E-state index in [0.29, 0.717) is 47.4 Å². The molecular formula is C27H24ClFN6O2S. The standard InChI is InChI=1S/C27H24ClFN6O2S/c1-3-21(36)33-10-11-34(15(2)13-33)24-18-12-19(28)23(17-6-4-5-7-20(17)29)31-25(18)35(27(37)32-24)26-22(16-8-9-16)30-14-38-26/h3-7,12,14-16H,1,8-11,13H2,2H3/t15-/m0/s1. The van der Waals surface area contributed by atoms with Gasteiger partial charge >= 0.3 is 5.69 Å². The fourth-order valence-electron chi connectivity index (χ4n) is 5.00. The van der Waals surface area contributed by atoms with Gasteiger partial charge in [-0.2, -0.15) is 4.98 Å². The average Bonchev–Trinajstić information content (AvgIpc) is 3.65. The number of aromatic nitrogens is 4. The molecule has 4 heterocycles. The summed E-state index contributed by atoms with van der Waals surface area (Å²) in [5.74, 6) is 0.137. The molecule has 0 unspecified atom stereocenters. The second-order valence-electron chi connectivity index (χ2n) is 9.57. The molecule has 1 aliphatic carbocycles. The fraction of sp³-hybridized carbons (Fsp3) is 0.296. The van der Waals surface area contributed by atoms with Crippen LogP contribution in [0, 0.1) is 5.82 Å². The maximum atomic E-state index is 14.8. The summed E-state index contributed by atoms with van der Waals surface area (Å²) in [6.07, 6.45) is 3.33. The highest BCUT2D eigenvalue weighted by atomic mass is 35.5. The third-order valence-corrected chi connectivity index (χ3v) is 8.17. The highest BCUT2D eigenvalue weighted by molar-refractivity contribution is 7.12. The molecule has 1 saturated carbocycles. The molecule has 1 saturated heterocycles. The number of hydrogen-bond acceptors (Lipinski definition) is 7. The van der Waals surface area contributed by atoms with Crippen LogP contribution in [0.15, 0.2) is 53.3 Å². The zero-order valence-corrected chi connectivity index (χ0v) is 22.2. The summed E-state index contributed by atoms with van der Waals surface area (Å²) in [7, 11) is 0. The third-order valence-electron chi connectivity index (χ3n) is 7.06. The Morgan fingerprint density at radius 1 is 1.24 bits per heavy atom. The second kappa shape index (κ2) is 9.59. The van der Waals surface area contributed by atoms with Crippen molar-refractivity contribution in [3.05, 3.63) is 75.5 Å². The number of hydrogen-bond donors (Lipinski definition) is 0. The number of piperazine rings is 1. The van der Waals surface area contributed by atoms with Gasteiger partial charge in [-0.15, -0.1) is 11.3 Å².